The second-order valence-electron chi connectivity index (χ2n) is 7.09. The molecule has 1 aromatic heterocycles. The quantitative estimate of drug-likeness (QED) is 0.642. The summed E-state index contributed by atoms with van der Waals surface area (Å²) < 4.78 is 5.85. The molecule has 5 rings (SSSR count). The van der Waals surface area contributed by atoms with Crippen LogP contribution in [0.3, 0.4) is 0 Å². The Morgan fingerprint density at radius 1 is 1.15 bits per heavy atom. The molecule has 2 aliphatic rings. The lowest BCUT2D eigenvalue weighted by molar-refractivity contribution is 0.0989. The van der Waals surface area contributed by atoms with Crippen molar-refractivity contribution in [1.82, 2.24) is 4.98 Å². The Morgan fingerprint density at radius 2 is 1.96 bits per heavy atom. The Labute approximate surface area is 162 Å². The van der Waals surface area contributed by atoms with Crippen molar-refractivity contribution in [2.45, 2.75) is 31.8 Å². The Hall–Kier alpha value is -2.66. The van der Waals surface area contributed by atoms with Crippen molar-refractivity contribution in [2.75, 3.05) is 11.4 Å². The molecular weight excluding hydrogens is 356 g/mol. The summed E-state index contributed by atoms with van der Waals surface area (Å²) >= 11 is 1.66. The van der Waals surface area contributed by atoms with Gasteiger partial charge in [-0.25, -0.2) is 4.98 Å². The van der Waals surface area contributed by atoms with Crippen LogP contribution in [-0.4, -0.2) is 17.4 Å². The van der Waals surface area contributed by atoms with Gasteiger partial charge in [0.05, 0.1) is 5.69 Å². The number of hydrogen-bond acceptors (Lipinski definition) is 4. The maximum absolute atomic E-state index is 12.8. The van der Waals surface area contributed by atoms with Gasteiger partial charge in [-0.1, -0.05) is 18.2 Å². The SMILES string of the molecule is O=C(c1ccc(OCc2nc(C3CC3)cs2)cc1)N1CCc2ccccc21. The molecule has 1 fully saturated rings. The first kappa shape index (κ1) is 16.5. The first-order valence-electron chi connectivity index (χ1n) is 9.35. The molecular formula is C22H20N2O2S. The predicted molar refractivity (Wildman–Crippen MR) is 107 cm³/mol. The van der Waals surface area contributed by atoms with Crippen LogP contribution in [0.15, 0.2) is 53.9 Å². The largest absolute Gasteiger partial charge is 0.486 e. The summed E-state index contributed by atoms with van der Waals surface area (Å²) in [6.45, 7) is 1.22. The summed E-state index contributed by atoms with van der Waals surface area (Å²) in [5, 5.41) is 3.15. The van der Waals surface area contributed by atoms with E-state index in [0.29, 0.717) is 18.1 Å². The average Bonchev–Trinajstić information content (AvgIpc) is 3.30. The fourth-order valence-electron chi connectivity index (χ4n) is 3.50. The average molecular weight is 376 g/mol. The van der Waals surface area contributed by atoms with E-state index in [1.54, 1.807) is 11.3 Å². The molecule has 3 aromatic rings. The second kappa shape index (κ2) is 6.82. The van der Waals surface area contributed by atoms with E-state index >= 15 is 0 Å². The van der Waals surface area contributed by atoms with Crippen LogP contribution in [0.2, 0.25) is 0 Å². The van der Waals surface area contributed by atoms with Gasteiger partial charge in [0.2, 0.25) is 0 Å². The minimum Gasteiger partial charge on any atom is -0.486 e. The lowest BCUT2D eigenvalue weighted by atomic mass is 10.1. The van der Waals surface area contributed by atoms with Gasteiger partial charge >= 0.3 is 0 Å². The van der Waals surface area contributed by atoms with Gasteiger partial charge in [0, 0.05) is 29.1 Å². The van der Waals surface area contributed by atoms with Gasteiger partial charge in [-0.2, -0.15) is 0 Å². The number of nitrogens with zero attached hydrogens (tertiary/aromatic N) is 2. The third-order valence-electron chi connectivity index (χ3n) is 5.16. The maximum atomic E-state index is 12.8. The Bertz CT molecular complexity index is 976. The molecule has 0 unspecified atom stereocenters. The van der Waals surface area contributed by atoms with Crippen LogP contribution >= 0.6 is 11.3 Å². The van der Waals surface area contributed by atoms with Crippen molar-refractivity contribution in [3.05, 3.63) is 75.7 Å². The third kappa shape index (κ3) is 3.35. The van der Waals surface area contributed by atoms with Gasteiger partial charge in [0.15, 0.2) is 0 Å². The maximum Gasteiger partial charge on any atom is 0.258 e. The number of para-hydroxylation sites is 1. The second-order valence-corrected chi connectivity index (χ2v) is 8.03. The number of carbonyl (C=O) groups is 1. The lowest BCUT2D eigenvalue weighted by Gasteiger charge is -2.17. The molecule has 0 bridgehead atoms. The molecule has 5 heteroatoms. The zero-order valence-electron chi connectivity index (χ0n) is 14.9. The molecule has 2 heterocycles. The predicted octanol–water partition coefficient (Wildman–Crippen LogP) is 4.80. The fourth-order valence-corrected chi connectivity index (χ4v) is 4.29. The summed E-state index contributed by atoms with van der Waals surface area (Å²) in [6.07, 6.45) is 3.45. The van der Waals surface area contributed by atoms with E-state index in [2.05, 4.69) is 16.4 Å². The minimum atomic E-state index is 0.0421. The molecule has 136 valence electrons. The first-order chi connectivity index (χ1) is 13.3. The van der Waals surface area contributed by atoms with Crippen molar-refractivity contribution in [3.8, 4) is 5.75 Å². The standard InChI is InChI=1S/C22H20N2O2S/c25-22(24-12-11-16-3-1-2-4-20(16)24)17-7-9-18(10-8-17)26-13-21-23-19(14-27-21)15-5-6-15/h1-4,7-10,14-15H,5-6,11-13H2. The highest BCUT2D eigenvalue weighted by Gasteiger charge is 2.26. The van der Waals surface area contributed by atoms with E-state index in [1.165, 1.54) is 24.1 Å². The number of aromatic nitrogens is 1. The van der Waals surface area contributed by atoms with Crippen molar-refractivity contribution >= 4 is 22.9 Å². The molecule has 0 N–H and O–H groups in total. The van der Waals surface area contributed by atoms with Crippen molar-refractivity contribution in [2.24, 2.45) is 0 Å². The highest BCUT2D eigenvalue weighted by atomic mass is 32.1. The van der Waals surface area contributed by atoms with Gasteiger partial charge < -0.3 is 9.64 Å². The molecule has 27 heavy (non-hydrogen) atoms. The molecule has 1 amide bonds. The zero-order valence-corrected chi connectivity index (χ0v) is 15.7. The van der Waals surface area contributed by atoms with Crippen LogP contribution in [0.1, 0.15) is 45.4 Å². The van der Waals surface area contributed by atoms with Crippen LogP contribution in [0, 0.1) is 0 Å². The highest BCUT2D eigenvalue weighted by Crippen LogP contribution is 2.40. The van der Waals surface area contributed by atoms with Crippen molar-refractivity contribution in [1.29, 1.82) is 0 Å². The lowest BCUT2D eigenvalue weighted by Crippen LogP contribution is -2.28. The molecule has 0 saturated heterocycles. The van der Waals surface area contributed by atoms with Crippen molar-refractivity contribution in [3.63, 3.8) is 0 Å². The topological polar surface area (TPSA) is 42.4 Å². The fraction of sp³-hybridized carbons (Fsp3) is 0.273. The van der Waals surface area contributed by atoms with Gasteiger partial charge in [0.25, 0.3) is 5.91 Å². The number of hydrogen-bond donors (Lipinski definition) is 0. The van der Waals surface area contributed by atoms with E-state index in [-0.39, 0.29) is 5.91 Å². The minimum absolute atomic E-state index is 0.0421. The number of benzene rings is 2. The van der Waals surface area contributed by atoms with Crippen LogP contribution in [0.4, 0.5) is 5.69 Å². The molecule has 1 aliphatic carbocycles. The number of anilines is 1. The molecule has 1 aliphatic heterocycles. The summed E-state index contributed by atoms with van der Waals surface area (Å²) in [6, 6.07) is 15.5. The van der Waals surface area contributed by atoms with E-state index in [4.69, 9.17) is 4.74 Å². The molecule has 4 nitrogen and oxygen atoms in total. The summed E-state index contributed by atoms with van der Waals surface area (Å²) in [7, 11) is 0. The molecule has 0 spiro atoms. The molecule has 1 saturated carbocycles. The Balaban J connectivity index is 1.24. The van der Waals surface area contributed by atoms with E-state index in [9.17, 15) is 4.79 Å². The summed E-state index contributed by atoms with van der Waals surface area (Å²) in [4.78, 5) is 19.4. The van der Waals surface area contributed by atoms with Gasteiger partial charge in [-0.15, -0.1) is 11.3 Å². The van der Waals surface area contributed by atoms with E-state index in [1.807, 2.05) is 47.4 Å². The molecule has 0 radical (unpaired) electrons. The number of amides is 1. The highest BCUT2D eigenvalue weighted by molar-refractivity contribution is 7.09. The van der Waals surface area contributed by atoms with Gasteiger partial charge in [-0.3, -0.25) is 4.79 Å². The Kier molecular flexibility index (Phi) is 4.17. The number of carbonyl (C=O) groups excluding carboxylic acids is 1. The summed E-state index contributed by atoms with van der Waals surface area (Å²) in [5.41, 5.74) is 4.16. The third-order valence-corrected chi connectivity index (χ3v) is 6.00. The van der Waals surface area contributed by atoms with Crippen LogP contribution in [0.5, 0.6) is 5.75 Å². The van der Waals surface area contributed by atoms with Crippen LogP contribution in [-0.2, 0) is 13.0 Å². The van der Waals surface area contributed by atoms with Gasteiger partial charge in [-0.05, 0) is 55.2 Å². The first-order valence-corrected chi connectivity index (χ1v) is 10.2. The Morgan fingerprint density at radius 3 is 2.78 bits per heavy atom. The normalized spacial score (nSPS) is 15.6. The number of thiazole rings is 1. The number of ether oxygens (including phenoxy) is 1. The smallest absolute Gasteiger partial charge is 0.258 e. The van der Waals surface area contributed by atoms with E-state index < -0.39 is 0 Å². The van der Waals surface area contributed by atoms with Crippen LogP contribution < -0.4 is 9.64 Å². The number of fused-ring (bicyclic) bond motifs is 1. The van der Waals surface area contributed by atoms with Crippen LogP contribution in [0.25, 0.3) is 0 Å². The zero-order chi connectivity index (χ0) is 18.2. The van der Waals surface area contributed by atoms with Crippen molar-refractivity contribution < 1.29 is 9.53 Å². The van der Waals surface area contributed by atoms with Gasteiger partial charge in [0.1, 0.15) is 17.4 Å². The number of rotatable bonds is 5. The summed E-state index contributed by atoms with van der Waals surface area (Å²) in [5.74, 6) is 1.48. The monoisotopic (exact) mass is 376 g/mol. The molecule has 2 aromatic carbocycles. The van der Waals surface area contributed by atoms with E-state index in [0.717, 1.165) is 29.4 Å². The molecule has 0 atom stereocenters.